The van der Waals surface area contributed by atoms with Gasteiger partial charge in [-0.25, -0.2) is 4.79 Å². The fourth-order valence-electron chi connectivity index (χ4n) is 2.33. The molecule has 0 aliphatic rings. The van der Waals surface area contributed by atoms with E-state index in [1.54, 1.807) is 7.05 Å². The van der Waals surface area contributed by atoms with E-state index in [2.05, 4.69) is 15.6 Å². The van der Waals surface area contributed by atoms with Crippen molar-refractivity contribution in [3.63, 3.8) is 0 Å². The molecule has 0 radical (unpaired) electrons. The summed E-state index contributed by atoms with van der Waals surface area (Å²) < 4.78 is 5.10. The van der Waals surface area contributed by atoms with E-state index in [4.69, 9.17) is 4.74 Å². The van der Waals surface area contributed by atoms with Crippen molar-refractivity contribution in [2.75, 3.05) is 13.7 Å². The number of ether oxygens (including phenoxy) is 1. The van der Waals surface area contributed by atoms with E-state index < -0.39 is 12.1 Å². The molecule has 0 unspecified atom stereocenters. The number of H-pyrrole nitrogens is 1. The normalized spacial score (nSPS) is 12.2. The Labute approximate surface area is 135 Å². The number of aromatic amines is 1. The van der Waals surface area contributed by atoms with Gasteiger partial charge in [-0.15, -0.1) is 0 Å². The van der Waals surface area contributed by atoms with Crippen LogP contribution in [0, 0.1) is 5.92 Å². The monoisotopic (exact) mass is 317 g/mol. The quantitative estimate of drug-likeness (QED) is 0.764. The second kappa shape index (κ2) is 7.67. The van der Waals surface area contributed by atoms with Crippen LogP contribution >= 0.6 is 0 Å². The van der Waals surface area contributed by atoms with Crippen LogP contribution < -0.4 is 10.6 Å². The second-order valence-corrected chi connectivity index (χ2v) is 5.87. The molecule has 0 aliphatic heterocycles. The van der Waals surface area contributed by atoms with E-state index in [9.17, 15) is 9.59 Å². The Bertz CT molecular complexity index is 679. The molecule has 0 aliphatic carbocycles. The molecule has 1 atom stereocenters. The summed E-state index contributed by atoms with van der Waals surface area (Å²) in [4.78, 5) is 27.1. The first-order chi connectivity index (χ1) is 11.0. The molecule has 3 N–H and O–H groups in total. The van der Waals surface area contributed by atoms with E-state index in [0.29, 0.717) is 13.0 Å². The average Bonchev–Trinajstić information content (AvgIpc) is 2.95. The molecule has 124 valence electrons. The van der Waals surface area contributed by atoms with Gasteiger partial charge in [0.15, 0.2) is 0 Å². The lowest BCUT2D eigenvalue weighted by Crippen LogP contribution is -2.47. The smallest absolute Gasteiger partial charge is 0.407 e. The predicted molar refractivity (Wildman–Crippen MR) is 89.2 cm³/mol. The largest absolute Gasteiger partial charge is 0.449 e. The third kappa shape index (κ3) is 4.48. The summed E-state index contributed by atoms with van der Waals surface area (Å²) in [6, 6.07) is 7.16. The molecule has 6 heteroatoms. The number of carbonyl (C=O) groups is 2. The minimum Gasteiger partial charge on any atom is -0.449 e. The van der Waals surface area contributed by atoms with E-state index in [-0.39, 0.29) is 11.8 Å². The summed E-state index contributed by atoms with van der Waals surface area (Å²) in [5.41, 5.74) is 1.97. The number of alkyl carbamates (subject to hydrolysis) is 1. The molecule has 1 heterocycles. The minimum absolute atomic E-state index is 0.243. The predicted octanol–water partition coefficient (Wildman–Crippen LogP) is 2.21. The molecule has 1 aromatic heterocycles. The number of benzene rings is 1. The SMILES string of the molecule is CNC(=O)[C@H](Cc1c[nH]c2ccccc12)NC(=O)OCC(C)C. The molecule has 1 aromatic carbocycles. The van der Waals surface area contributed by atoms with Crippen molar-refractivity contribution in [1.29, 1.82) is 0 Å². The Balaban J connectivity index is 2.09. The molecular weight excluding hydrogens is 294 g/mol. The Hall–Kier alpha value is -2.50. The van der Waals surface area contributed by atoms with Gasteiger partial charge in [-0.2, -0.15) is 0 Å². The number of aromatic nitrogens is 1. The fourth-order valence-corrected chi connectivity index (χ4v) is 2.33. The lowest BCUT2D eigenvalue weighted by molar-refractivity contribution is -0.122. The molecule has 0 saturated carbocycles. The number of hydrogen-bond donors (Lipinski definition) is 3. The van der Waals surface area contributed by atoms with Crippen LogP contribution in [0.15, 0.2) is 30.5 Å². The van der Waals surface area contributed by atoms with Crippen LogP contribution in [-0.4, -0.2) is 36.7 Å². The van der Waals surface area contributed by atoms with Gasteiger partial charge in [-0.3, -0.25) is 4.79 Å². The Morgan fingerprint density at radius 2 is 2.00 bits per heavy atom. The van der Waals surface area contributed by atoms with E-state index in [1.165, 1.54) is 0 Å². The summed E-state index contributed by atoms with van der Waals surface area (Å²) in [6.07, 6.45) is 1.68. The van der Waals surface area contributed by atoms with Gasteiger partial charge in [0.1, 0.15) is 6.04 Å². The molecule has 0 bridgehead atoms. The number of para-hydroxylation sites is 1. The van der Waals surface area contributed by atoms with Crippen LogP contribution in [0.5, 0.6) is 0 Å². The van der Waals surface area contributed by atoms with E-state index in [0.717, 1.165) is 16.5 Å². The molecule has 6 nitrogen and oxygen atoms in total. The third-order valence-electron chi connectivity index (χ3n) is 3.50. The number of nitrogens with one attached hydrogen (secondary N) is 3. The summed E-state index contributed by atoms with van der Waals surface area (Å²) in [6.45, 7) is 4.23. The first-order valence-electron chi connectivity index (χ1n) is 7.71. The van der Waals surface area contributed by atoms with Crippen molar-refractivity contribution in [3.05, 3.63) is 36.0 Å². The maximum atomic E-state index is 12.1. The first-order valence-corrected chi connectivity index (χ1v) is 7.71. The number of fused-ring (bicyclic) bond motifs is 1. The molecule has 0 spiro atoms. The molecule has 0 fully saturated rings. The van der Waals surface area contributed by atoms with Gasteiger partial charge in [0.05, 0.1) is 6.61 Å². The van der Waals surface area contributed by atoms with Gasteiger partial charge in [0, 0.05) is 30.6 Å². The Morgan fingerprint density at radius 1 is 1.26 bits per heavy atom. The summed E-state index contributed by atoms with van der Waals surface area (Å²) in [5.74, 6) is -0.00963. The van der Waals surface area contributed by atoms with Crippen molar-refractivity contribution < 1.29 is 14.3 Å². The number of amides is 2. The zero-order valence-electron chi connectivity index (χ0n) is 13.7. The highest BCUT2D eigenvalue weighted by atomic mass is 16.5. The van der Waals surface area contributed by atoms with Gasteiger partial charge >= 0.3 is 6.09 Å². The average molecular weight is 317 g/mol. The van der Waals surface area contributed by atoms with Gasteiger partial charge in [-0.1, -0.05) is 32.0 Å². The fraction of sp³-hybridized carbons (Fsp3) is 0.412. The molecule has 0 saturated heterocycles. The van der Waals surface area contributed by atoms with Crippen LogP contribution in [0.25, 0.3) is 10.9 Å². The van der Waals surface area contributed by atoms with Crippen LogP contribution in [0.3, 0.4) is 0 Å². The third-order valence-corrected chi connectivity index (χ3v) is 3.50. The summed E-state index contributed by atoms with van der Waals surface area (Å²) in [7, 11) is 1.55. The maximum absolute atomic E-state index is 12.1. The highest BCUT2D eigenvalue weighted by molar-refractivity contribution is 5.88. The summed E-state index contributed by atoms with van der Waals surface area (Å²) >= 11 is 0. The lowest BCUT2D eigenvalue weighted by atomic mass is 10.0. The topological polar surface area (TPSA) is 83.2 Å². The number of rotatable bonds is 6. The van der Waals surface area contributed by atoms with Crippen LogP contribution in [-0.2, 0) is 16.0 Å². The highest BCUT2D eigenvalue weighted by Crippen LogP contribution is 2.19. The molecule has 2 amide bonds. The van der Waals surface area contributed by atoms with Gasteiger partial charge in [-0.05, 0) is 17.5 Å². The van der Waals surface area contributed by atoms with Crippen LogP contribution in [0.1, 0.15) is 19.4 Å². The van der Waals surface area contributed by atoms with Gasteiger partial charge in [0.25, 0.3) is 0 Å². The van der Waals surface area contributed by atoms with E-state index >= 15 is 0 Å². The van der Waals surface area contributed by atoms with Crippen molar-refractivity contribution in [3.8, 4) is 0 Å². The Kier molecular flexibility index (Phi) is 5.62. The maximum Gasteiger partial charge on any atom is 0.407 e. The van der Waals surface area contributed by atoms with Crippen molar-refractivity contribution in [2.45, 2.75) is 26.3 Å². The molecular formula is C17H23N3O3. The lowest BCUT2D eigenvalue weighted by Gasteiger charge is -2.17. The molecule has 2 rings (SSSR count). The van der Waals surface area contributed by atoms with Crippen molar-refractivity contribution in [1.82, 2.24) is 15.6 Å². The molecule has 23 heavy (non-hydrogen) atoms. The summed E-state index contributed by atoms with van der Waals surface area (Å²) in [5, 5.41) is 6.26. The Morgan fingerprint density at radius 3 is 2.70 bits per heavy atom. The van der Waals surface area contributed by atoms with Crippen LogP contribution in [0.4, 0.5) is 4.79 Å². The minimum atomic E-state index is -0.682. The standard InChI is InChI=1S/C17H23N3O3/c1-11(2)10-23-17(22)20-15(16(21)18-3)8-12-9-19-14-7-5-4-6-13(12)14/h4-7,9,11,15,19H,8,10H2,1-3H3,(H,18,21)(H,20,22)/t15-/m0/s1. The zero-order valence-corrected chi connectivity index (χ0v) is 13.7. The number of carbonyl (C=O) groups excluding carboxylic acids is 2. The molecule has 2 aromatic rings. The first kappa shape index (κ1) is 16.9. The van der Waals surface area contributed by atoms with Crippen molar-refractivity contribution >= 4 is 22.9 Å². The van der Waals surface area contributed by atoms with Crippen molar-refractivity contribution in [2.24, 2.45) is 5.92 Å². The van der Waals surface area contributed by atoms with Gasteiger partial charge < -0.3 is 20.4 Å². The number of likely N-dealkylation sites (N-methyl/N-ethyl adjacent to an activating group) is 1. The van der Waals surface area contributed by atoms with E-state index in [1.807, 2.05) is 44.3 Å². The number of hydrogen-bond acceptors (Lipinski definition) is 3. The highest BCUT2D eigenvalue weighted by Gasteiger charge is 2.22. The second-order valence-electron chi connectivity index (χ2n) is 5.87. The van der Waals surface area contributed by atoms with Crippen LogP contribution in [0.2, 0.25) is 0 Å². The zero-order chi connectivity index (χ0) is 16.8. The van der Waals surface area contributed by atoms with Gasteiger partial charge in [0.2, 0.25) is 5.91 Å².